The third-order valence-electron chi connectivity index (χ3n) is 1.21. The monoisotopic (exact) mass is 217 g/mol. The molecule has 0 aliphatic rings. The highest BCUT2D eigenvalue weighted by Gasteiger charge is 2.06. The zero-order valence-corrected chi connectivity index (χ0v) is 7.82. The van der Waals surface area contributed by atoms with Gasteiger partial charge in [0.25, 0.3) is 11.0 Å². The van der Waals surface area contributed by atoms with Crippen LogP contribution in [0.4, 0.5) is 0 Å². The average Bonchev–Trinajstić information content (AvgIpc) is 2.64. The Hall–Kier alpha value is -1.70. The largest absolute Gasteiger partial charge is 0.348 e. The summed E-state index contributed by atoms with van der Waals surface area (Å²) < 4.78 is 0. The molecule has 1 heterocycles. The van der Waals surface area contributed by atoms with Crippen LogP contribution in [-0.2, 0) is 4.84 Å². The van der Waals surface area contributed by atoms with Gasteiger partial charge in [-0.25, -0.2) is 4.98 Å². The molecule has 0 aliphatic heterocycles. The second-order valence-corrected chi connectivity index (χ2v) is 3.04. The van der Waals surface area contributed by atoms with Crippen LogP contribution in [0, 0.1) is 10.1 Å². The summed E-state index contributed by atoms with van der Waals surface area (Å²) >= 11 is 1.20. The van der Waals surface area contributed by atoms with E-state index in [-0.39, 0.29) is 19.1 Å². The number of aromatic nitrogens is 1. The highest BCUT2D eigenvalue weighted by molar-refractivity contribution is 7.11. The minimum Gasteiger partial charge on any atom is -0.348 e. The molecule has 0 spiro atoms. The van der Waals surface area contributed by atoms with Crippen molar-refractivity contribution in [1.82, 2.24) is 10.3 Å². The number of amides is 1. The van der Waals surface area contributed by atoms with E-state index in [0.717, 1.165) is 0 Å². The Balaban J connectivity index is 2.19. The molecule has 76 valence electrons. The van der Waals surface area contributed by atoms with Crippen molar-refractivity contribution in [3.8, 4) is 0 Å². The minimum absolute atomic E-state index is 0.0827. The Morgan fingerprint density at radius 2 is 2.57 bits per heavy atom. The van der Waals surface area contributed by atoms with E-state index in [0.29, 0.717) is 5.01 Å². The lowest BCUT2D eigenvalue weighted by atomic mass is 10.6. The number of rotatable bonds is 5. The Morgan fingerprint density at radius 3 is 3.14 bits per heavy atom. The minimum atomic E-state index is -0.907. The summed E-state index contributed by atoms with van der Waals surface area (Å²) in [7, 11) is 0. The fourth-order valence-electron chi connectivity index (χ4n) is 0.696. The number of carbonyl (C=O) groups excluding carboxylic acids is 1. The van der Waals surface area contributed by atoms with Crippen molar-refractivity contribution < 1.29 is 14.7 Å². The van der Waals surface area contributed by atoms with Gasteiger partial charge in [-0.15, -0.1) is 21.5 Å². The summed E-state index contributed by atoms with van der Waals surface area (Å²) in [6.45, 7) is -0.0799. The van der Waals surface area contributed by atoms with Crippen LogP contribution >= 0.6 is 11.3 Å². The molecule has 0 unspecified atom stereocenters. The average molecular weight is 217 g/mol. The lowest BCUT2D eigenvalue weighted by Crippen LogP contribution is -2.27. The fraction of sp³-hybridized carbons (Fsp3) is 0.333. The van der Waals surface area contributed by atoms with E-state index >= 15 is 0 Å². The molecule has 0 saturated heterocycles. The van der Waals surface area contributed by atoms with Gasteiger partial charge >= 0.3 is 0 Å². The van der Waals surface area contributed by atoms with Crippen LogP contribution in [0.25, 0.3) is 0 Å². The third-order valence-corrected chi connectivity index (χ3v) is 1.98. The van der Waals surface area contributed by atoms with Gasteiger partial charge in [-0.1, -0.05) is 0 Å². The van der Waals surface area contributed by atoms with E-state index in [1.165, 1.54) is 17.5 Å². The zero-order valence-electron chi connectivity index (χ0n) is 7.00. The van der Waals surface area contributed by atoms with Crippen LogP contribution in [0.5, 0.6) is 0 Å². The first-order valence-corrected chi connectivity index (χ1v) is 4.53. The van der Waals surface area contributed by atoms with Crippen LogP contribution in [0.1, 0.15) is 9.80 Å². The second kappa shape index (κ2) is 5.12. The quantitative estimate of drug-likeness (QED) is 0.428. The summed E-state index contributed by atoms with van der Waals surface area (Å²) in [6.07, 6.45) is 1.51. The molecule has 1 amide bonds. The van der Waals surface area contributed by atoms with Crippen LogP contribution in [0.15, 0.2) is 11.6 Å². The lowest BCUT2D eigenvalue weighted by molar-refractivity contribution is -0.757. The second-order valence-electron chi connectivity index (χ2n) is 2.15. The molecule has 1 aromatic heterocycles. The fourth-order valence-corrected chi connectivity index (χ4v) is 1.25. The van der Waals surface area contributed by atoms with E-state index in [4.69, 9.17) is 0 Å². The van der Waals surface area contributed by atoms with Crippen molar-refractivity contribution in [3.63, 3.8) is 0 Å². The molecular weight excluding hydrogens is 210 g/mol. The lowest BCUT2D eigenvalue weighted by Gasteiger charge is -2.00. The molecule has 0 saturated carbocycles. The van der Waals surface area contributed by atoms with Crippen molar-refractivity contribution in [2.24, 2.45) is 0 Å². The molecule has 0 atom stereocenters. The van der Waals surface area contributed by atoms with E-state index in [1.807, 2.05) is 0 Å². The Bertz CT molecular complexity index is 313. The summed E-state index contributed by atoms with van der Waals surface area (Å²) in [5.74, 6) is -0.355. The first-order valence-electron chi connectivity index (χ1n) is 3.65. The molecular formula is C6H7N3O4S. The molecule has 1 aromatic rings. The van der Waals surface area contributed by atoms with E-state index in [2.05, 4.69) is 15.1 Å². The summed E-state index contributed by atoms with van der Waals surface area (Å²) in [5, 5.41) is 13.2. The van der Waals surface area contributed by atoms with Gasteiger partial charge in [0.05, 0.1) is 0 Å². The van der Waals surface area contributed by atoms with E-state index in [9.17, 15) is 14.9 Å². The predicted octanol–water partition coefficient (Wildman–Crippen LogP) is 0.0812. The molecule has 0 aromatic carbocycles. The van der Waals surface area contributed by atoms with E-state index in [1.54, 1.807) is 5.38 Å². The summed E-state index contributed by atoms with van der Waals surface area (Å²) in [4.78, 5) is 28.7. The molecule has 0 radical (unpaired) electrons. The Morgan fingerprint density at radius 1 is 1.79 bits per heavy atom. The van der Waals surface area contributed by atoms with Crippen molar-refractivity contribution in [2.75, 3.05) is 13.2 Å². The van der Waals surface area contributed by atoms with Gasteiger partial charge in [-0.2, -0.15) is 0 Å². The van der Waals surface area contributed by atoms with Gasteiger partial charge in [-0.3, -0.25) is 4.79 Å². The first kappa shape index (κ1) is 10.4. The molecule has 1 rings (SSSR count). The van der Waals surface area contributed by atoms with Gasteiger partial charge in [0.2, 0.25) is 0 Å². The SMILES string of the molecule is O=C(NCCO[N+](=O)[O-])c1nccs1. The maximum Gasteiger partial charge on any atom is 0.294 e. The molecule has 14 heavy (non-hydrogen) atoms. The number of nitrogens with zero attached hydrogens (tertiary/aromatic N) is 2. The predicted molar refractivity (Wildman–Crippen MR) is 47.4 cm³/mol. The molecule has 0 aliphatic carbocycles. The van der Waals surface area contributed by atoms with Gasteiger partial charge in [0.1, 0.15) is 6.61 Å². The van der Waals surface area contributed by atoms with E-state index < -0.39 is 5.09 Å². The van der Waals surface area contributed by atoms with Gasteiger partial charge in [0.15, 0.2) is 5.01 Å². The highest BCUT2D eigenvalue weighted by atomic mass is 32.1. The van der Waals surface area contributed by atoms with Crippen molar-refractivity contribution >= 4 is 17.2 Å². The number of hydrogen-bond acceptors (Lipinski definition) is 6. The molecule has 7 nitrogen and oxygen atoms in total. The van der Waals surface area contributed by atoms with Gasteiger partial charge in [-0.05, 0) is 0 Å². The summed E-state index contributed by atoms with van der Waals surface area (Å²) in [6, 6.07) is 0. The maximum absolute atomic E-state index is 11.2. The maximum atomic E-state index is 11.2. The number of hydrogen-bond donors (Lipinski definition) is 1. The normalized spacial score (nSPS) is 9.43. The highest BCUT2D eigenvalue weighted by Crippen LogP contribution is 2.02. The third kappa shape index (κ3) is 3.35. The van der Waals surface area contributed by atoms with Crippen molar-refractivity contribution in [3.05, 3.63) is 26.7 Å². The number of thiazole rings is 1. The van der Waals surface area contributed by atoms with Crippen LogP contribution < -0.4 is 5.32 Å². The molecule has 8 heteroatoms. The molecule has 0 bridgehead atoms. The van der Waals surface area contributed by atoms with Crippen LogP contribution in [-0.4, -0.2) is 29.1 Å². The Labute approximate surface area is 82.8 Å². The van der Waals surface area contributed by atoms with Crippen LogP contribution in [0.2, 0.25) is 0 Å². The standard InChI is InChI=1S/C6H7N3O4S/c10-5(6-8-2-4-14-6)7-1-3-13-9(11)12/h2,4H,1,3H2,(H,7,10). The zero-order chi connectivity index (χ0) is 10.4. The van der Waals surface area contributed by atoms with Crippen molar-refractivity contribution in [1.29, 1.82) is 0 Å². The topological polar surface area (TPSA) is 94.4 Å². The molecule has 1 N–H and O–H groups in total. The van der Waals surface area contributed by atoms with Gasteiger partial charge < -0.3 is 10.2 Å². The first-order chi connectivity index (χ1) is 6.70. The van der Waals surface area contributed by atoms with Crippen molar-refractivity contribution in [2.45, 2.75) is 0 Å². The number of carbonyl (C=O) groups is 1. The Kier molecular flexibility index (Phi) is 3.80. The van der Waals surface area contributed by atoms with Gasteiger partial charge in [0, 0.05) is 18.1 Å². The smallest absolute Gasteiger partial charge is 0.294 e. The molecule has 0 fully saturated rings. The number of nitrogens with one attached hydrogen (secondary N) is 1. The summed E-state index contributed by atoms with van der Waals surface area (Å²) in [5.41, 5.74) is 0. The van der Waals surface area contributed by atoms with Crippen LogP contribution in [0.3, 0.4) is 0 Å².